The van der Waals surface area contributed by atoms with Gasteiger partial charge in [0.05, 0.1) is 39.7 Å². The highest BCUT2D eigenvalue weighted by molar-refractivity contribution is 7.53. The van der Waals surface area contributed by atoms with E-state index in [0.29, 0.717) is 17.1 Å². The lowest BCUT2D eigenvalue weighted by molar-refractivity contribution is -0.134. The Balaban J connectivity index is 1.33. The zero-order valence-electron chi connectivity index (χ0n) is 22.1. The van der Waals surface area contributed by atoms with Crippen LogP contribution in [0.2, 0.25) is 0 Å². The predicted octanol–water partition coefficient (Wildman–Crippen LogP) is 3.42. The second kappa shape index (κ2) is 13.4. The number of nitrogen functional groups attached to an aromatic ring is 1. The molecule has 40 heavy (non-hydrogen) atoms. The van der Waals surface area contributed by atoms with Crippen molar-refractivity contribution in [2.45, 2.75) is 26.5 Å². The van der Waals surface area contributed by atoms with Crippen molar-refractivity contribution in [3.05, 3.63) is 76.3 Å². The molecule has 3 N–H and O–H groups in total. The minimum Gasteiger partial charge on any atom is -0.496 e. The van der Waals surface area contributed by atoms with E-state index in [4.69, 9.17) is 29.0 Å². The molecule has 0 bridgehead atoms. The topological polar surface area (TPSA) is 170 Å². The fourth-order valence-electron chi connectivity index (χ4n) is 3.65. The first-order chi connectivity index (χ1) is 19.3. The van der Waals surface area contributed by atoms with Crippen LogP contribution in [0.25, 0.3) is 11.2 Å². The van der Waals surface area contributed by atoms with Gasteiger partial charge in [-0.1, -0.05) is 36.4 Å². The van der Waals surface area contributed by atoms with E-state index >= 15 is 0 Å². The highest BCUT2D eigenvalue weighted by atomic mass is 31.2. The van der Waals surface area contributed by atoms with Gasteiger partial charge < -0.3 is 33.6 Å². The monoisotopic (exact) mass is 571 g/mol. The molecular weight excluding hydrogens is 541 g/mol. The number of anilines is 1. The summed E-state index contributed by atoms with van der Waals surface area (Å²) in [6, 6.07) is 14.2. The number of nitrogens with two attached hydrogens (primary N) is 1. The van der Waals surface area contributed by atoms with Crippen molar-refractivity contribution in [1.29, 1.82) is 0 Å². The first-order valence-electron chi connectivity index (χ1n) is 12.3. The van der Waals surface area contributed by atoms with E-state index in [1.807, 2.05) is 37.3 Å². The third-order valence-corrected chi connectivity index (χ3v) is 7.29. The number of hydrogen-bond donors (Lipinski definition) is 2. The van der Waals surface area contributed by atoms with Gasteiger partial charge in [-0.15, -0.1) is 0 Å². The summed E-state index contributed by atoms with van der Waals surface area (Å²) in [6.45, 7) is 2.01. The molecule has 1 unspecified atom stereocenters. The molecule has 0 radical (unpaired) electrons. The van der Waals surface area contributed by atoms with Crippen molar-refractivity contribution in [3.8, 4) is 11.5 Å². The quantitative estimate of drug-likeness (QED) is 0.0984. The summed E-state index contributed by atoms with van der Waals surface area (Å²) in [5.74, 6) is 0.305. The summed E-state index contributed by atoms with van der Waals surface area (Å²) in [7, 11) is -2.25. The zero-order chi connectivity index (χ0) is 28.5. The molecule has 2 aromatic heterocycles. The Labute approximate surface area is 229 Å². The summed E-state index contributed by atoms with van der Waals surface area (Å²) in [6.07, 6.45) is 0.900. The number of nitrogens with zero attached hydrogens (tertiary/aromatic N) is 3. The number of H-pyrrole nitrogens is 1. The summed E-state index contributed by atoms with van der Waals surface area (Å²) >= 11 is 0. The number of imidazole rings is 1. The van der Waals surface area contributed by atoms with Crippen LogP contribution in [-0.4, -0.2) is 52.2 Å². The molecule has 14 heteroatoms. The van der Waals surface area contributed by atoms with Crippen molar-refractivity contribution in [2.24, 2.45) is 0 Å². The van der Waals surface area contributed by atoms with Crippen LogP contribution in [0, 0.1) is 6.92 Å². The summed E-state index contributed by atoms with van der Waals surface area (Å²) < 4.78 is 42.5. The maximum Gasteiger partial charge on any atom is 0.356 e. The molecule has 0 aliphatic heterocycles. The lowest BCUT2D eigenvalue weighted by atomic mass is 10.2. The summed E-state index contributed by atoms with van der Waals surface area (Å²) in [5, 5.41) is 0. The van der Waals surface area contributed by atoms with Gasteiger partial charge in [0, 0.05) is 12.6 Å². The number of esters is 1. The van der Waals surface area contributed by atoms with Gasteiger partial charge >= 0.3 is 13.6 Å². The minimum atomic E-state index is -3.78. The van der Waals surface area contributed by atoms with Crippen LogP contribution < -0.4 is 20.8 Å². The number of benzene rings is 2. The number of aryl methyl sites for hydroxylation is 1. The Morgan fingerprint density at radius 1 is 1.12 bits per heavy atom. The normalized spacial score (nSPS) is 12.8. The Morgan fingerprint density at radius 2 is 1.93 bits per heavy atom. The molecule has 0 aliphatic rings. The number of carbonyl (C=O) groups is 1. The minimum absolute atomic E-state index is 0.0210. The van der Waals surface area contributed by atoms with Crippen LogP contribution in [0.15, 0.2) is 59.7 Å². The Hall–Kier alpha value is -4.03. The predicted molar refractivity (Wildman–Crippen MR) is 146 cm³/mol. The standard InChI is InChI=1S/C26H30N5O8P/c1-18-8-9-20(14-21(18)35-2)39-22(32)10-12-37-40(34,38-15-19-6-4-3-5-7-19)17-36-13-11-31-16-28-23-24(31)29-26(27)30-25(23)33/h3-9,14,16H,10-13,15,17H2,1-2H3,(H3,27,29,30,33). The summed E-state index contributed by atoms with van der Waals surface area (Å²) in [5.41, 5.74) is 7.31. The Kier molecular flexibility index (Phi) is 9.67. The number of fused-ring (bicyclic) bond motifs is 1. The maximum atomic E-state index is 13.5. The lowest BCUT2D eigenvalue weighted by Crippen LogP contribution is -2.14. The van der Waals surface area contributed by atoms with Gasteiger partial charge in [0.25, 0.3) is 5.56 Å². The molecule has 4 aromatic rings. The molecule has 212 valence electrons. The third-order valence-electron chi connectivity index (χ3n) is 5.70. The highest BCUT2D eigenvalue weighted by Gasteiger charge is 2.26. The van der Waals surface area contributed by atoms with Crippen LogP contribution in [0.5, 0.6) is 11.5 Å². The van der Waals surface area contributed by atoms with Gasteiger partial charge in [0.15, 0.2) is 11.2 Å². The van der Waals surface area contributed by atoms with Gasteiger partial charge in [-0.3, -0.25) is 19.1 Å². The number of aromatic amines is 1. The van der Waals surface area contributed by atoms with E-state index in [2.05, 4.69) is 15.0 Å². The van der Waals surface area contributed by atoms with Crippen molar-refractivity contribution in [3.63, 3.8) is 0 Å². The van der Waals surface area contributed by atoms with Crippen molar-refractivity contribution in [2.75, 3.05) is 32.4 Å². The van der Waals surface area contributed by atoms with Crippen LogP contribution >= 0.6 is 7.60 Å². The number of ether oxygens (including phenoxy) is 3. The van der Waals surface area contributed by atoms with E-state index in [1.54, 1.807) is 22.8 Å². The highest BCUT2D eigenvalue weighted by Crippen LogP contribution is 2.49. The number of aromatic nitrogens is 4. The average molecular weight is 572 g/mol. The molecule has 0 spiro atoms. The molecule has 0 amide bonds. The fraction of sp³-hybridized carbons (Fsp3) is 0.308. The molecule has 13 nitrogen and oxygen atoms in total. The molecule has 1 atom stereocenters. The molecule has 2 aromatic carbocycles. The fourth-order valence-corrected chi connectivity index (χ4v) is 4.94. The second-order valence-corrected chi connectivity index (χ2v) is 10.7. The first-order valence-corrected chi connectivity index (χ1v) is 14.0. The Bertz CT molecular complexity index is 1560. The summed E-state index contributed by atoms with van der Waals surface area (Å²) in [4.78, 5) is 34.8. The van der Waals surface area contributed by atoms with Crippen LogP contribution in [-0.2, 0) is 36.3 Å². The Morgan fingerprint density at radius 3 is 2.70 bits per heavy atom. The van der Waals surface area contributed by atoms with Gasteiger partial charge in [-0.05, 0) is 24.1 Å². The number of methoxy groups -OCH3 is 1. The van der Waals surface area contributed by atoms with Gasteiger partial charge in [-0.25, -0.2) is 4.98 Å². The molecular formula is C26H30N5O8P. The first kappa shape index (κ1) is 29.0. The van der Waals surface area contributed by atoms with Crippen LogP contribution in [0.4, 0.5) is 5.95 Å². The largest absolute Gasteiger partial charge is 0.496 e. The average Bonchev–Trinajstić information content (AvgIpc) is 3.34. The number of nitrogens with one attached hydrogen (secondary N) is 1. The lowest BCUT2D eigenvalue weighted by Gasteiger charge is -2.19. The molecule has 0 saturated heterocycles. The molecule has 0 fully saturated rings. The smallest absolute Gasteiger partial charge is 0.356 e. The number of rotatable bonds is 14. The van der Waals surface area contributed by atoms with Gasteiger partial charge in [-0.2, -0.15) is 4.98 Å². The zero-order valence-corrected chi connectivity index (χ0v) is 23.0. The van der Waals surface area contributed by atoms with Gasteiger partial charge in [0.1, 0.15) is 17.8 Å². The van der Waals surface area contributed by atoms with E-state index in [0.717, 1.165) is 11.1 Å². The van der Waals surface area contributed by atoms with E-state index < -0.39 is 19.1 Å². The van der Waals surface area contributed by atoms with Crippen LogP contribution in [0.3, 0.4) is 0 Å². The van der Waals surface area contributed by atoms with Crippen molar-refractivity contribution >= 4 is 30.7 Å². The van der Waals surface area contributed by atoms with Gasteiger partial charge in [0.2, 0.25) is 5.95 Å². The number of carbonyl (C=O) groups excluding carboxylic acids is 1. The molecule has 0 aliphatic carbocycles. The number of hydrogen-bond acceptors (Lipinski definition) is 11. The van der Waals surface area contributed by atoms with Crippen molar-refractivity contribution in [1.82, 2.24) is 19.5 Å². The van der Waals surface area contributed by atoms with Crippen LogP contribution in [0.1, 0.15) is 17.5 Å². The SMILES string of the molecule is COc1cc(OC(=O)CCOP(=O)(COCCn2cnc3c(=O)[nH]c(N)nc32)OCc2ccccc2)ccc1C. The molecule has 2 heterocycles. The molecule has 0 saturated carbocycles. The maximum absolute atomic E-state index is 13.5. The van der Waals surface area contributed by atoms with E-state index in [-0.39, 0.29) is 50.6 Å². The van der Waals surface area contributed by atoms with E-state index in [9.17, 15) is 14.2 Å². The van der Waals surface area contributed by atoms with E-state index in [1.165, 1.54) is 13.4 Å². The molecule has 4 rings (SSSR count). The third kappa shape index (κ3) is 7.76. The van der Waals surface area contributed by atoms with Crippen molar-refractivity contribution < 1.29 is 32.6 Å². The second-order valence-electron chi connectivity index (χ2n) is 8.66.